The van der Waals surface area contributed by atoms with Crippen molar-refractivity contribution in [1.29, 1.82) is 0 Å². The summed E-state index contributed by atoms with van der Waals surface area (Å²) in [6.45, 7) is 2.37. The number of carbonyl (C=O) groups excluding carboxylic acids is 2. The van der Waals surface area contributed by atoms with Crippen molar-refractivity contribution in [2.45, 2.75) is 19.8 Å². The zero-order valence-electron chi connectivity index (χ0n) is 23.7. The first-order chi connectivity index (χ1) is 19.9. The minimum atomic E-state index is -0.332. The van der Waals surface area contributed by atoms with Gasteiger partial charge >= 0.3 is 0 Å². The molecule has 1 saturated carbocycles. The van der Waals surface area contributed by atoms with E-state index in [1.165, 1.54) is 0 Å². The zero-order chi connectivity index (χ0) is 28.9. The van der Waals surface area contributed by atoms with Crippen LogP contribution in [-0.4, -0.2) is 60.7 Å². The Labute approximate surface area is 239 Å². The Kier molecular flexibility index (Phi) is 8.24. The number of aromatic nitrogens is 2. The van der Waals surface area contributed by atoms with Gasteiger partial charge < -0.3 is 19.1 Å². The number of carbonyl (C=O) groups is 2. The molecule has 41 heavy (non-hydrogen) atoms. The Balaban J connectivity index is 1.45. The van der Waals surface area contributed by atoms with Gasteiger partial charge in [-0.25, -0.2) is 4.98 Å². The van der Waals surface area contributed by atoms with E-state index in [-0.39, 0.29) is 18.4 Å². The number of rotatable bonds is 11. The summed E-state index contributed by atoms with van der Waals surface area (Å²) >= 11 is 0. The number of anilines is 1. The zero-order valence-corrected chi connectivity index (χ0v) is 23.7. The van der Waals surface area contributed by atoms with E-state index in [9.17, 15) is 9.59 Å². The Bertz CT molecular complexity index is 1540. The lowest BCUT2D eigenvalue weighted by molar-refractivity contribution is -0.117. The van der Waals surface area contributed by atoms with Crippen LogP contribution in [0.2, 0.25) is 0 Å². The number of amides is 2. The molecule has 0 aliphatic heterocycles. The number of hydrogen-bond donors (Lipinski definition) is 1. The molecule has 0 bridgehead atoms. The molecule has 0 spiro atoms. The molecule has 1 aliphatic rings. The average Bonchev–Trinajstić information content (AvgIpc) is 3.72. The van der Waals surface area contributed by atoms with Crippen molar-refractivity contribution < 1.29 is 23.8 Å². The predicted octanol–water partition coefficient (Wildman–Crippen LogP) is 5.36. The van der Waals surface area contributed by atoms with Crippen molar-refractivity contribution >= 4 is 17.8 Å². The van der Waals surface area contributed by atoms with Crippen molar-refractivity contribution in [3.05, 3.63) is 84.1 Å². The van der Waals surface area contributed by atoms with Crippen LogP contribution in [-0.2, 0) is 4.79 Å². The minimum Gasteiger partial charge on any atom is -0.497 e. The Morgan fingerprint density at radius 2 is 1.68 bits per heavy atom. The third-order valence-electron chi connectivity index (χ3n) is 7.16. The summed E-state index contributed by atoms with van der Waals surface area (Å²) in [7, 11) is 4.76. The molecule has 3 aromatic carbocycles. The molecule has 0 atom stereocenters. The second kappa shape index (κ2) is 12.2. The van der Waals surface area contributed by atoms with Gasteiger partial charge in [0.05, 0.1) is 32.7 Å². The van der Waals surface area contributed by atoms with Crippen LogP contribution in [0.25, 0.3) is 16.9 Å². The molecular weight excluding hydrogens is 520 g/mol. The fraction of sp³-hybridized carbons (Fsp3) is 0.281. The summed E-state index contributed by atoms with van der Waals surface area (Å²) in [6, 6.07) is 20.5. The lowest BCUT2D eigenvalue weighted by Crippen LogP contribution is -2.40. The third-order valence-corrected chi connectivity index (χ3v) is 7.16. The van der Waals surface area contributed by atoms with Crippen molar-refractivity contribution in [1.82, 2.24) is 14.5 Å². The van der Waals surface area contributed by atoms with Gasteiger partial charge in [-0.15, -0.1) is 0 Å². The Hall–Kier alpha value is -4.79. The smallest absolute Gasteiger partial charge is 0.254 e. The molecule has 1 heterocycles. The fourth-order valence-electron chi connectivity index (χ4n) is 4.69. The van der Waals surface area contributed by atoms with Crippen LogP contribution in [0.1, 0.15) is 28.8 Å². The number of imidazole rings is 1. The molecule has 0 unspecified atom stereocenters. The fourth-order valence-corrected chi connectivity index (χ4v) is 4.69. The summed E-state index contributed by atoms with van der Waals surface area (Å²) in [4.78, 5) is 33.3. The normalized spacial score (nSPS) is 12.5. The van der Waals surface area contributed by atoms with Crippen LogP contribution in [0.5, 0.6) is 17.2 Å². The second-order valence-electron chi connectivity index (χ2n) is 10.1. The van der Waals surface area contributed by atoms with Crippen molar-refractivity contribution in [2.75, 3.05) is 39.7 Å². The molecule has 9 heteroatoms. The number of nitrogens with zero attached hydrogens (tertiary/aromatic N) is 3. The number of methoxy groups -OCH3 is 3. The van der Waals surface area contributed by atoms with Crippen LogP contribution in [0.4, 0.5) is 5.95 Å². The maximum absolute atomic E-state index is 13.5. The van der Waals surface area contributed by atoms with Crippen LogP contribution >= 0.6 is 0 Å². The first-order valence-electron chi connectivity index (χ1n) is 13.5. The lowest BCUT2D eigenvalue weighted by Gasteiger charge is -2.23. The quantitative estimate of drug-likeness (QED) is 0.268. The third kappa shape index (κ3) is 6.35. The molecule has 1 fully saturated rings. The highest BCUT2D eigenvalue weighted by atomic mass is 16.5. The van der Waals surface area contributed by atoms with Crippen LogP contribution in [0, 0.1) is 12.8 Å². The van der Waals surface area contributed by atoms with Crippen molar-refractivity contribution in [3.8, 4) is 34.2 Å². The predicted molar refractivity (Wildman–Crippen MR) is 157 cm³/mol. The van der Waals surface area contributed by atoms with Gasteiger partial charge in [-0.2, -0.15) is 0 Å². The highest BCUT2D eigenvalue weighted by Gasteiger charge is 2.29. The van der Waals surface area contributed by atoms with Gasteiger partial charge in [-0.05, 0) is 73.7 Å². The van der Waals surface area contributed by atoms with Crippen molar-refractivity contribution in [3.63, 3.8) is 0 Å². The van der Waals surface area contributed by atoms with Gasteiger partial charge in [0.25, 0.3) is 5.91 Å². The number of aryl methyl sites for hydroxylation is 1. The molecule has 1 aromatic heterocycles. The molecule has 0 radical (unpaired) electrons. The van der Waals surface area contributed by atoms with Gasteiger partial charge in [0.2, 0.25) is 11.9 Å². The van der Waals surface area contributed by atoms with E-state index in [2.05, 4.69) is 5.32 Å². The highest BCUT2D eigenvalue weighted by molar-refractivity contribution is 6.00. The summed E-state index contributed by atoms with van der Waals surface area (Å²) in [5.41, 5.74) is 3.71. The van der Waals surface area contributed by atoms with E-state index in [1.807, 2.05) is 67.7 Å². The van der Waals surface area contributed by atoms with E-state index in [1.54, 1.807) is 42.9 Å². The van der Waals surface area contributed by atoms with Crippen molar-refractivity contribution in [2.24, 2.45) is 5.92 Å². The summed E-state index contributed by atoms with van der Waals surface area (Å²) < 4.78 is 18.0. The summed E-state index contributed by atoms with van der Waals surface area (Å²) in [5, 5.41) is 2.96. The number of hydrogen-bond acceptors (Lipinski definition) is 6. The van der Waals surface area contributed by atoms with Crippen LogP contribution in [0.3, 0.4) is 0 Å². The van der Waals surface area contributed by atoms with E-state index in [4.69, 9.17) is 19.2 Å². The average molecular weight is 555 g/mol. The van der Waals surface area contributed by atoms with Crippen LogP contribution in [0.15, 0.2) is 72.9 Å². The molecule has 5 rings (SSSR count). The largest absolute Gasteiger partial charge is 0.497 e. The number of nitrogens with one attached hydrogen (secondary N) is 1. The number of ether oxygens (including phenoxy) is 3. The molecule has 1 N–H and O–H groups in total. The SMILES string of the molecule is COc1ccc(-c2cn(-c3ccc(OC)c(OC)c3)c(NC(=O)CN(CC3CC3)C(=O)c3ccccc3C)n2)cc1. The van der Waals surface area contributed by atoms with Gasteiger partial charge in [0.15, 0.2) is 11.5 Å². The van der Waals surface area contributed by atoms with Gasteiger partial charge in [0, 0.05) is 29.9 Å². The van der Waals surface area contributed by atoms with Crippen LogP contribution < -0.4 is 19.5 Å². The first kappa shape index (κ1) is 27.8. The lowest BCUT2D eigenvalue weighted by atomic mass is 10.1. The molecule has 1 aliphatic carbocycles. The van der Waals surface area contributed by atoms with E-state index < -0.39 is 0 Å². The summed E-state index contributed by atoms with van der Waals surface area (Å²) in [5.74, 6) is 2.13. The Morgan fingerprint density at radius 1 is 0.951 bits per heavy atom. The van der Waals surface area contributed by atoms with Gasteiger partial charge in [0.1, 0.15) is 12.3 Å². The molecule has 0 saturated heterocycles. The van der Waals surface area contributed by atoms with Gasteiger partial charge in [-0.1, -0.05) is 18.2 Å². The Morgan fingerprint density at radius 3 is 2.34 bits per heavy atom. The monoisotopic (exact) mass is 554 g/mol. The standard InChI is InChI=1S/C32H34N4O5/c1-21-7-5-6-8-26(21)31(38)35(18-22-9-10-22)20-30(37)34-32-33-27(23-11-14-25(39-2)15-12-23)19-36(32)24-13-16-28(40-3)29(17-24)41-4/h5-8,11-17,19,22H,9-10,18,20H2,1-4H3,(H,33,34,37). The molecule has 4 aromatic rings. The van der Waals surface area contributed by atoms with E-state index >= 15 is 0 Å². The molecule has 9 nitrogen and oxygen atoms in total. The molecule has 212 valence electrons. The van der Waals surface area contributed by atoms with E-state index in [0.717, 1.165) is 35.4 Å². The second-order valence-corrected chi connectivity index (χ2v) is 10.1. The maximum atomic E-state index is 13.5. The highest BCUT2D eigenvalue weighted by Crippen LogP contribution is 2.33. The summed E-state index contributed by atoms with van der Waals surface area (Å²) in [6.07, 6.45) is 3.97. The van der Waals surface area contributed by atoms with E-state index in [0.29, 0.717) is 41.2 Å². The number of benzene rings is 3. The maximum Gasteiger partial charge on any atom is 0.254 e. The molecular formula is C32H34N4O5. The minimum absolute atomic E-state index is 0.0830. The first-order valence-corrected chi connectivity index (χ1v) is 13.5. The van der Waals surface area contributed by atoms with Gasteiger partial charge in [-0.3, -0.25) is 19.5 Å². The molecule has 2 amide bonds. The topological polar surface area (TPSA) is 94.9 Å².